The number of rotatable bonds is 2. The van der Waals surface area contributed by atoms with Crippen molar-refractivity contribution in [2.24, 2.45) is 0 Å². The predicted molar refractivity (Wildman–Crippen MR) is 48.7 cm³/mol. The molecule has 0 aliphatic rings. The highest BCUT2D eigenvalue weighted by molar-refractivity contribution is 8.15. The van der Waals surface area contributed by atoms with Crippen molar-refractivity contribution >= 4 is 37.0 Å². The van der Waals surface area contributed by atoms with Crippen LogP contribution in [0.1, 0.15) is 9.67 Å². The van der Waals surface area contributed by atoms with E-state index in [0.717, 1.165) is 13.2 Å². The molecule has 0 radical (unpaired) electrons. The van der Waals surface area contributed by atoms with Crippen molar-refractivity contribution < 1.29 is 22.3 Å². The first-order valence-electron chi connectivity index (χ1n) is 3.18. The summed E-state index contributed by atoms with van der Waals surface area (Å²) in [6.45, 7) is 0. The minimum absolute atomic E-state index is 0.149. The molecule has 0 fully saturated rings. The minimum Gasteiger partial charge on any atom is -0.465 e. The first-order valence-corrected chi connectivity index (χ1v) is 6.31. The van der Waals surface area contributed by atoms with E-state index in [-0.39, 0.29) is 4.88 Å². The molecule has 1 aromatic heterocycles. The maximum Gasteiger partial charge on any atom is 0.348 e. The molecule has 1 rings (SSSR count). The van der Waals surface area contributed by atoms with Crippen LogP contribution in [0.15, 0.2) is 10.3 Å². The Morgan fingerprint density at radius 1 is 1.64 bits per heavy atom. The fourth-order valence-electron chi connectivity index (χ4n) is 0.720. The molecule has 1 heterocycles. The molecule has 1 aromatic rings. The number of halogens is 2. The molecule has 0 spiro atoms. The van der Waals surface area contributed by atoms with Crippen molar-refractivity contribution in [2.45, 2.75) is 4.21 Å². The maximum atomic E-state index is 12.9. The van der Waals surface area contributed by atoms with E-state index >= 15 is 0 Å². The predicted octanol–water partition coefficient (Wildman–Crippen LogP) is 1.60. The Hall–Kier alpha value is -0.660. The van der Waals surface area contributed by atoms with Crippen LogP contribution in [0.4, 0.5) is 4.39 Å². The van der Waals surface area contributed by atoms with E-state index in [9.17, 15) is 17.6 Å². The number of carbonyl (C=O) groups excluding carboxylic acids is 1. The lowest BCUT2D eigenvalue weighted by molar-refractivity contribution is 0.0606. The summed E-state index contributed by atoms with van der Waals surface area (Å²) >= 11 is 0.430. The Kier molecular flexibility index (Phi) is 3.13. The molecule has 8 heteroatoms. The Morgan fingerprint density at radius 3 is 2.57 bits per heavy atom. The summed E-state index contributed by atoms with van der Waals surface area (Å²) in [4.78, 5) is 10.7. The highest BCUT2D eigenvalue weighted by atomic mass is 35.7. The summed E-state index contributed by atoms with van der Waals surface area (Å²) in [5.41, 5.74) is 0. The zero-order chi connectivity index (χ0) is 10.9. The second-order valence-electron chi connectivity index (χ2n) is 2.18. The summed E-state index contributed by atoms with van der Waals surface area (Å²) in [5.74, 6) is -1.86. The molecule has 0 saturated carbocycles. The smallest absolute Gasteiger partial charge is 0.348 e. The van der Waals surface area contributed by atoms with Gasteiger partial charge in [0.1, 0.15) is 4.88 Å². The van der Waals surface area contributed by atoms with Gasteiger partial charge in [0.25, 0.3) is 9.05 Å². The van der Waals surface area contributed by atoms with Crippen LogP contribution in [-0.4, -0.2) is 21.5 Å². The number of hydrogen-bond donors (Lipinski definition) is 0. The standard InChI is InChI=1S/C6H4ClFO4S2/c1-12-5(9)4-2-3(8)6(13-4)14(7,10)11/h2H,1H3. The number of thiophene rings is 1. The van der Waals surface area contributed by atoms with E-state index in [1.54, 1.807) is 0 Å². The van der Waals surface area contributed by atoms with Gasteiger partial charge in [-0.1, -0.05) is 0 Å². The number of carbonyl (C=O) groups is 1. The van der Waals surface area contributed by atoms with Crippen LogP contribution in [0.2, 0.25) is 0 Å². The monoisotopic (exact) mass is 258 g/mol. The van der Waals surface area contributed by atoms with Crippen molar-refractivity contribution in [3.8, 4) is 0 Å². The van der Waals surface area contributed by atoms with Gasteiger partial charge < -0.3 is 4.74 Å². The fraction of sp³-hybridized carbons (Fsp3) is 0.167. The maximum absolute atomic E-state index is 12.9. The van der Waals surface area contributed by atoms with Crippen molar-refractivity contribution in [3.05, 3.63) is 16.8 Å². The highest BCUT2D eigenvalue weighted by Crippen LogP contribution is 2.28. The first-order chi connectivity index (χ1) is 6.36. The molecule has 0 atom stereocenters. The van der Waals surface area contributed by atoms with Gasteiger partial charge in [-0.2, -0.15) is 0 Å². The van der Waals surface area contributed by atoms with Gasteiger partial charge in [0.05, 0.1) is 7.11 Å². The van der Waals surface area contributed by atoms with Crippen molar-refractivity contribution in [1.82, 2.24) is 0 Å². The first kappa shape index (κ1) is 11.4. The van der Waals surface area contributed by atoms with Gasteiger partial charge in [-0.15, -0.1) is 11.3 Å². The Labute approximate surface area is 87.7 Å². The van der Waals surface area contributed by atoms with Gasteiger partial charge in [0, 0.05) is 16.7 Å². The molecule has 78 valence electrons. The third-order valence-corrected chi connectivity index (χ3v) is 4.43. The van der Waals surface area contributed by atoms with Gasteiger partial charge in [0.15, 0.2) is 10.0 Å². The molecule has 0 saturated heterocycles. The molecule has 4 nitrogen and oxygen atoms in total. The molecular weight excluding hydrogens is 255 g/mol. The third kappa shape index (κ3) is 2.23. The Morgan fingerprint density at radius 2 is 2.21 bits per heavy atom. The molecule has 0 N–H and O–H groups in total. The second kappa shape index (κ2) is 3.84. The Balaban J connectivity index is 3.25. The van der Waals surface area contributed by atoms with Crippen LogP contribution in [-0.2, 0) is 13.8 Å². The van der Waals surface area contributed by atoms with Gasteiger partial charge >= 0.3 is 5.97 Å². The van der Waals surface area contributed by atoms with Gasteiger partial charge in [0.2, 0.25) is 0 Å². The molecule has 0 amide bonds. The number of hydrogen-bond acceptors (Lipinski definition) is 5. The summed E-state index contributed by atoms with van der Waals surface area (Å²) in [7, 11) is 1.88. The van der Waals surface area contributed by atoms with Crippen LogP contribution in [0, 0.1) is 5.82 Å². The summed E-state index contributed by atoms with van der Waals surface area (Å²) in [6.07, 6.45) is 0. The van der Waals surface area contributed by atoms with Crippen LogP contribution < -0.4 is 0 Å². The van der Waals surface area contributed by atoms with Gasteiger partial charge in [-0.05, 0) is 0 Å². The van der Waals surface area contributed by atoms with E-state index < -0.39 is 25.0 Å². The average Bonchev–Trinajstić information content (AvgIpc) is 2.45. The van der Waals surface area contributed by atoms with Crippen molar-refractivity contribution in [3.63, 3.8) is 0 Å². The van der Waals surface area contributed by atoms with Crippen LogP contribution >= 0.6 is 22.0 Å². The Bertz CT molecular complexity index is 464. The van der Waals surface area contributed by atoms with Crippen molar-refractivity contribution in [2.75, 3.05) is 7.11 Å². The molecular formula is C6H4ClFO4S2. The van der Waals surface area contributed by atoms with E-state index in [0.29, 0.717) is 11.3 Å². The number of methoxy groups -OCH3 is 1. The summed E-state index contributed by atoms with van der Waals surface area (Å²) < 4.78 is 38.1. The largest absolute Gasteiger partial charge is 0.465 e. The average molecular weight is 259 g/mol. The minimum atomic E-state index is -4.15. The topological polar surface area (TPSA) is 60.4 Å². The SMILES string of the molecule is COC(=O)c1cc(F)c(S(=O)(=O)Cl)s1. The quantitative estimate of drug-likeness (QED) is 0.597. The van der Waals surface area contributed by atoms with Crippen LogP contribution in [0.25, 0.3) is 0 Å². The molecule has 0 aromatic carbocycles. The molecule has 14 heavy (non-hydrogen) atoms. The molecule has 0 aliphatic carbocycles. The fourth-order valence-corrected chi connectivity index (χ4v) is 2.87. The second-order valence-corrected chi connectivity index (χ2v) is 5.99. The number of esters is 1. The van der Waals surface area contributed by atoms with Crippen molar-refractivity contribution in [1.29, 1.82) is 0 Å². The lowest BCUT2D eigenvalue weighted by Crippen LogP contribution is -1.96. The lowest BCUT2D eigenvalue weighted by Gasteiger charge is -1.91. The summed E-state index contributed by atoms with van der Waals surface area (Å²) in [6, 6.07) is 0.770. The molecule has 0 unspecified atom stereocenters. The van der Waals surface area contributed by atoms with Gasteiger partial charge in [-0.3, -0.25) is 0 Å². The van der Waals surface area contributed by atoms with E-state index in [1.807, 2.05) is 0 Å². The van der Waals surface area contributed by atoms with Crippen LogP contribution in [0.3, 0.4) is 0 Å². The normalized spacial score (nSPS) is 11.4. The number of ether oxygens (including phenoxy) is 1. The van der Waals surface area contributed by atoms with E-state index in [2.05, 4.69) is 4.74 Å². The van der Waals surface area contributed by atoms with E-state index in [4.69, 9.17) is 10.7 Å². The highest BCUT2D eigenvalue weighted by Gasteiger charge is 2.23. The zero-order valence-electron chi connectivity index (χ0n) is 6.78. The zero-order valence-corrected chi connectivity index (χ0v) is 9.17. The van der Waals surface area contributed by atoms with Gasteiger partial charge in [-0.25, -0.2) is 17.6 Å². The molecule has 0 bridgehead atoms. The molecule has 0 aliphatic heterocycles. The van der Waals surface area contributed by atoms with Crippen LogP contribution in [0.5, 0.6) is 0 Å². The third-order valence-electron chi connectivity index (χ3n) is 1.26. The lowest BCUT2D eigenvalue weighted by atomic mass is 10.5. The van der Waals surface area contributed by atoms with E-state index in [1.165, 1.54) is 0 Å². The summed E-state index contributed by atoms with van der Waals surface area (Å²) in [5, 5.41) is 0.